The Hall–Kier alpha value is -3.32. The Morgan fingerprint density at radius 3 is 2.64 bits per heavy atom. The number of carbonyl (C=O) groups excluding carboxylic acids is 1. The summed E-state index contributed by atoms with van der Waals surface area (Å²) in [5.41, 5.74) is 4.35. The molecule has 1 aliphatic rings. The van der Waals surface area contributed by atoms with Crippen LogP contribution in [-0.2, 0) is 23.0 Å². The van der Waals surface area contributed by atoms with E-state index in [-0.39, 0.29) is 23.7 Å². The molecule has 4 rings (SSSR count). The maximum Gasteiger partial charge on any atom is 0.302 e. The van der Waals surface area contributed by atoms with Crippen LogP contribution in [0.5, 0.6) is 0 Å². The Balaban J connectivity index is 1.74. The van der Waals surface area contributed by atoms with E-state index in [1.165, 1.54) is 6.92 Å². The third kappa shape index (κ3) is 4.33. The van der Waals surface area contributed by atoms with Crippen LogP contribution < -0.4 is 15.8 Å². The van der Waals surface area contributed by atoms with Gasteiger partial charge in [-0.1, -0.05) is 35.9 Å². The second kappa shape index (κ2) is 8.90. The largest absolute Gasteiger partial charge is 0.460 e. The molecule has 2 atom stereocenters. The highest BCUT2D eigenvalue weighted by molar-refractivity contribution is 6.33. The van der Waals surface area contributed by atoms with Crippen molar-refractivity contribution in [3.8, 4) is 11.3 Å². The SMILES string of the molecule is CC(=O)O[C@H]1Cc2ccccc2C1Nc1c(C)nc(-c2ccc(N(C)C)cc2Cl)c(=O)n1C. The number of aromatic nitrogens is 2. The van der Waals surface area contributed by atoms with Crippen molar-refractivity contribution in [2.75, 3.05) is 24.3 Å². The van der Waals surface area contributed by atoms with Gasteiger partial charge in [0.2, 0.25) is 0 Å². The molecule has 0 bridgehead atoms. The number of hydrogen-bond donors (Lipinski definition) is 1. The Morgan fingerprint density at radius 1 is 1.24 bits per heavy atom. The quantitative estimate of drug-likeness (QED) is 0.570. The fraction of sp³-hybridized carbons (Fsp3) is 0.320. The van der Waals surface area contributed by atoms with Crippen molar-refractivity contribution in [3.05, 3.63) is 74.7 Å². The van der Waals surface area contributed by atoms with E-state index < -0.39 is 0 Å². The highest BCUT2D eigenvalue weighted by atomic mass is 35.5. The molecule has 0 saturated carbocycles. The first-order chi connectivity index (χ1) is 15.7. The third-order valence-corrected chi connectivity index (χ3v) is 6.29. The van der Waals surface area contributed by atoms with Gasteiger partial charge < -0.3 is 15.0 Å². The topological polar surface area (TPSA) is 76.5 Å². The molecular formula is C25H27ClN4O3. The predicted octanol–water partition coefficient (Wildman–Crippen LogP) is 4.12. The molecule has 1 N–H and O–H groups in total. The Kier molecular flexibility index (Phi) is 6.17. The van der Waals surface area contributed by atoms with Crippen LogP contribution in [0.1, 0.15) is 29.8 Å². The van der Waals surface area contributed by atoms with E-state index in [2.05, 4.69) is 10.3 Å². The van der Waals surface area contributed by atoms with Crippen molar-refractivity contribution >= 4 is 29.1 Å². The van der Waals surface area contributed by atoms with E-state index in [0.29, 0.717) is 34.2 Å². The monoisotopic (exact) mass is 466 g/mol. The number of esters is 1. The molecule has 8 heteroatoms. The van der Waals surface area contributed by atoms with Crippen LogP contribution in [-0.4, -0.2) is 35.7 Å². The number of halogens is 1. The summed E-state index contributed by atoms with van der Waals surface area (Å²) in [5, 5.41) is 3.89. The molecule has 0 fully saturated rings. The zero-order valence-corrected chi connectivity index (χ0v) is 20.1. The maximum atomic E-state index is 13.3. The number of anilines is 2. The molecule has 1 heterocycles. The van der Waals surface area contributed by atoms with Crippen LogP contribution in [0.3, 0.4) is 0 Å². The number of nitrogens with zero attached hydrogens (tertiary/aromatic N) is 3. The summed E-state index contributed by atoms with van der Waals surface area (Å²) >= 11 is 6.51. The molecule has 2 aromatic carbocycles. The van der Waals surface area contributed by atoms with Crippen LogP contribution >= 0.6 is 11.6 Å². The van der Waals surface area contributed by atoms with Crippen molar-refractivity contribution < 1.29 is 9.53 Å². The van der Waals surface area contributed by atoms with Gasteiger partial charge in [-0.05, 0) is 36.2 Å². The highest BCUT2D eigenvalue weighted by Gasteiger charge is 2.35. The first kappa shape index (κ1) is 22.9. The molecule has 1 unspecified atom stereocenters. The van der Waals surface area contributed by atoms with Gasteiger partial charge in [-0.15, -0.1) is 0 Å². The maximum absolute atomic E-state index is 13.3. The minimum absolute atomic E-state index is 0.266. The molecule has 172 valence electrons. The lowest BCUT2D eigenvalue weighted by molar-refractivity contribution is -0.146. The number of carbonyl (C=O) groups is 1. The van der Waals surface area contributed by atoms with Crippen LogP contribution in [0.25, 0.3) is 11.3 Å². The van der Waals surface area contributed by atoms with Gasteiger partial charge in [-0.3, -0.25) is 14.2 Å². The van der Waals surface area contributed by atoms with E-state index in [4.69, 9.17) is 16.3 Å². The van der Waals surface area contributed by atoms with Gasteiger partial charge in [-0.2, -0.15) is 0 Å². The van der Waals surface area contributed by atoms with Crippen LogP contribution in [0.4, 0.5) is 11.5 Å². The molecule has 33 heavy (non-hydrogen) atoms. The van der Waals surface area contributed by atoms with Crippen molar-refractivity contribution in [2.24, 2.45) is 7.05 Å². The second-order valence-electron chi connectivity index (χ2n) is 8.49. The standard InChI is InChI=1S/C25H27ClN4O3/c1-14-24(28-22-18-9-7-6-8-16(18)12-21(22)33-15(2)31)30(5)25(32)23(27-14)19-11-10-17(29(3)4)13-20(19)26/h6-11,13,21-22,28H,12H2,1-5H3/t21-,22?/m0/s1. The lowest BCUT2D eigenvalue weighted by Crippen LogP contribution is -2.31. The first-order valence-corrected chi connectivity index (χ1v) is 11.1. The fourth-order valence-corrected chi connectivity index (χ4v) is 4.59. The smallest absolute Gasteiger partial charge is 0.302 e. The average Bonchev–Trinajstić information content (AvgIpc) is 3.10. The lowest BCUT2D eigenvalue weighted by atomic mass is 10.1. The minimum atomic E-state index is -0.373. The molecule has 0 aliphatic heterocycles. The molecule has 0 saturated heterocycles. The number of rotatable bonds is 5. The molecule has 1 aromatic heterocycles. The molecule has 7 nitrogen and oxygen atoms in total. The fourth-order valence-electron chi connectivity index (χ4n) is 4.32. The Bertz CT molecular complexity index is 1290. The van der Waals surface area contributed by atoms with Gasteiger partial charge in [0.15, 0.2) is 0 Å². The van der Waals surface area contributed by atoms with Gasteiger partial charge in [0.05, 0.1) is 16.8 Å². The third-order valence-electron chi connectivity index (χ3n) is 5.98. The van der Waals surface area contributed by atoms with Crippen LogP contribution in [0.15, 0.2) is 47.3 Å². The summed E-state index contributed by atoms with van der Waals surface area (Å²) in [6.07, 6.45) is 0.238. The lowest BCUT2D eigenvalue weighted by Gasteiger charge is -2.25. The van der Waals surface area contributed by atoms with Crippen molar-refractivity contribution in [1.82, 2.24) is 9.55 Å². The van der Waals surface area contributed by atoms with E-state index >= 15 is 0 Å². The zero-order valence-electron chi connectivity index (χ0n) is 19.3. The number of nitrogens with one attached hydrogen (secondary N) is 1. The summed E-state index contributed by atoms with van der Waals surface area (Å²) in [5.74, 6) is 0.234. The number of fused-ring (bicyclic) bond motifs is 1. The van der Waals surface area contributed by atoms with E-state index in [1.807, 2.05) is 68.4 Å². The van der Waals surface area contributed by atoms with Gasteiger partial charge in [0, 0.05) is 45.7 Å². The van der Waals surface area contributed by atoms with E-state index in [1.54, 1.807) is 11.6 Å². The molecule has 1 aliphatic carbocycles. The highest BCUT2D eigenvalue weighted by Crippen LogP contribution is 2.37. The Labute approximate surface area is 198 Å². The second-order valence-corrected chi connectivity index (χ2v) is 8.90. The summed E-state index contributed by atoms with van der Waals surface area (Å²) in [7, 11) is 5.56. The van der Waals surface area contributed by atoms with E-state index in [9.17, 15) is 9.59 Å². The summed E-state index contributed by atoms with van der Waals surface area (Å²) in [4.78, 5) is 31.6. The van der Waals surface area contributed by atoms with Crippen LogP contribution in [0, 0.1) is 6.92 Å². The molecule has 0 amide bonds. The molecule has 3 aromatic rings. The summed E-state index contributed by atoms with van der Waals surface area (Å²) in [6.45, 7) is 3.25. The van der Waals surface area contributed by atoms with Gasteiger partial charge in [-0.25, -0.2) is 4.98 Å². The minimum Gasteiger partial charge on any atom is -0.460 e. The normalized spacial score (nSPS) is 16.9. The summed E-state index contributed by atoms with van der Waals surface area (Å²) < 4.78 is 7.14. The van der Waals surface area contributed by atoms with E-state index in [0.717, 1.165) is 16.8 Å². The molecule has 0 radical (unpaired) electrons. The van der Waals surface area contributed by atoms with Crippen LogP contribution in [0.2, 0.25) is 5.02 Å². The zero-order chi connectivity index (χ0) is 23.9. The van der Waals surface area contributed by atoms with Crippen molar-refractivity contribution in [1.29, 1.82) is 0 Å². The first-order valence-electron chi connectivity index (χ1n) is 10.7. The molecular weight excluding hydrogens is 440 g/mol. The Morgan fingerprint density at radius 2 is 1.97 bits per heavy atom. The summed E-state index contributed by atoms with van der Waals surface area (Å²) in [6, 6.07) is 13.2. The number of aryl methyl sites for hydroxylation is 1. The predicted molar refractivity (Wildman–Crippen MR) is 131 cm³/mol. The number of hydrogen-bond acceptors (Lipinski definition) is 6. The molecule has 0 spiro atoms. The van der Waals surface area contributed by atoms with Gasteiger partial charge in [0.1, 0.15) is 17.6 Å². The van der Waals surface area contributed by atoms with Crippen molar-refractivity contribution in [3.63, 3.8) is 0 Å². The number of benzene rings is 2. The average molecular weight is 467 g/mol. The van der Waals surface area contributed by atoms with Crippen molar-refractivity contribution in [2.45, 2.75) is 32.4 Å². The van der Waals surface area contributed by atoms with Gasteiger partial charge in [0.25, 0.3) is 5.56 Å². The van der Waals surface area contributed by atoms with Gasteiger partial charge >= 0.3 is 5.97 Å². The number of ether oxygens (including phenoxy) is 1.